The van der Waals surface area contributed by atoms with E-state index in [4.69, 9.17) is 32.7 Å². The molecule has 0 aliphatic carbocycles. The average molecular weight is 721 g/mol. The lowest BCUT2D eigenvalue weighted by molar-refractivity contribution is -0.141. The third kappa shape index (κ3) is 7.83. The standard InChI is InChI=1S/C34H43Cl2N5O6S/c1-22-20-23(2)37-30-24(22)8-7-9-27(30)46-21-25-26(35)10-11-28(29(25)36)48(44,45)38-34(12-14-39(6)15-13-34)31(42)40-16-18-41(19-17-40)32(43)47-33(3,4)5/h7-11,20,38H,12-19,21H2,1-6H3. The number of nitrogens with zero attached hydrogens (tertiary/aromatic N) is 4. The minimum atomic E-state index is -4.32. The molecule has 2 amide bonds. The van der Waals surface area contributed by atoms with Crippen LogP contribution < -0.4 is 9.46 Å². The molecule has 14 heteroatoms. The molecule has 260 valence electrons. The molecule has 0 unspecified atom stereocenters. The predicted molar refractivity (Wildman–Crippen MR) is 186 cm³/mol. The zero-order chi connectivity index (χ0) is 35.0. The summed E-state index contributed by atoms with van der Waals surface area (Å²) in [6.07, 6.45) is 0.0903. The number of nitrogens with one attached hydrogen (secondary N) is 1. The molecule has 0 bridgehead atoms. The van der Waals surface area contributed by atoms with E-state index in [1.165, 1.54) is 12.1 Å². The molecule has 48 heavy (non-hydrogen) atoms. The van der Waals surface area contributed by atoms with Crippen molar-refractivity contribution in [3.8, 4) is 5.75 Å². The normalized spacial score (nSPS) is 17.4. The summed E-state index contributed by atoms with van der Waals surface area (Å²) < 4.78 is 42.6. The van der Waals surface area contributed by atoms with Gasteiger partial charge in [0.25, 0.3) is 0 Å². The lowest BCUT2D eigenvalue weighted by Crippen LogP contribution is -2.65. The van der Waals surface area contributed by atoms with Crippen LogP contribution in [0.1, 0.15) is 50.4 Å². The summed E-state index contributed by atoms with van der Waals surface area (Å²) in [5, 5.41) is 1.10. The maximum Gasteiger partial charge on any atom is 0.410 e. The van der Waals surface area contributed by atoms with Gasteiger partial charge < -0.3 is 24.2 Å². The minimum Gasteiger partial charge on any atom is -0.487 e. The molecule has 2 saturated heterocycles. The van der Waals surface area contributed by atoms with Crippen molar-refractivity contribution in [1.82, 2.24) is 24.4 Å². The zero-order valence-electron chi connectivity index (χ0n) is 28.2. The van der Waals surface area contributed by atoms with E-state index < -0.39 is 27.3 Å². The van der Waals surface area contributed by atoms with Gasteiger partial charge in [0.15, 0.2) is 0 Å². The highest BCUT2D eigenvalue weighted by Gasteiger charge is 2.47. The SMILES string of the molecule is Cc1cc(C)c2cccc(OCc3c(Cl)ccc(S(=O)(=O)NC4(C(=O)N5CCN(C(=O)OC(C)(C)C)CC5)CCN(C)CC4)c3Cl)c2n1. The average Bonchev–Trinajstić information content (AvgIpc) is 3.01. The summed E-state index contributed by atoms with van der Waals surface area (Å²) >= 11 is 13.3. The summed E-state index contributed by atoms with van der Waals surface area (Å²) in [7, 11) is -2.39. The fraction of sp³-hybridized carbons (Fsp3) is 0.500. The Hall–Kier alpha value is -3.16. The first-order chi connectivity index (χ1) is 22.5. The highest BCUT2D eigenvalue weighted by atomic mass is 35.5. The number of carbonyl (C=O) groups is 2. The summed E-state index contributed by atoms with van der Waals surface area (Å²) in [6.45, 7) is 11.3. The van der Waals surface area contributed by atoms with Crippen molar-refractivity contribution in [1.29, 1.82) is 0 Å². The Morgan fingerprint density at radius 2 is 1.62 bits per heavy atom. The van der Waals surface area contributed by atoms with Gasteiger partial charge in [-0.15, -0.1) is 0 Å². The second-order valence-electron chi connectivity index (χ2n) is 13.6. The molecule has 1 aromatic heterocycles. The number of hydrogen-bond donors (Lipinski definition) is 1. The molecule has 0 atom stereocenters. The molecule has 2 aromatic carbocycles. The molecule has 2 fully saturated rings. The molecule has 0 spiro atoms. The lowest BCUT2D eigenvalue weighted by atomic mass is 9.87. The third-order valence-electron chi connectivity index (χ3n) is 8.75. The molecule has 0 radical (unpaired) electrons. The van der Waals surface area contributed by atoms with E-state index in [1.54, 1.807) is 36.6 Å². The number of aryl methyl sites for hydroxylation is 2. The fourth-order valence-electron chi connectivity index (χ4n) is 6.13. The number of aromatic nitrogens is 1. The van der Waals surface area contributed by atoms with Crippen LogP contribution in [0.4, 0.5) is 4.79 Å². The maximum absolute atomic E-state index is 14.2. The van der Waals surface area contributed by atoms with Gasteiger partial charge in [-0.05, 0) is 84.3 Å². The van der Waals surface area contributed by atoms with Crippen LogP contribution >= 0.6 is 23.2 Å². The number of ether oxygens (including phenoxy) is 2. The number of rotatable bonds is 7. The van der Waals surface area contributed by atoms with Gasteiger partial charge in [-0.2, -0.15) is 4.72 Å². The zero-order valence-corrected chi connectivity index (χ0v) is 30.6. The van der Waals surface area contributed by atoms with Gasteiger partial charge in [-0.1, -0.05) is 35.3 Å². The Morgan fingerprint density at radius 3 is 2.27 bits per heavy atom. The molecule has 5 rings (SSSR count). The lowest BCUT2D eigenvalue weighted by Gasteiger charge is -2.44. The van der Waals surface area contributed by atoms with E-state index in [-0.39, 0.29) is 66.5 Å². The fourth-order valence-corrected chi connectivity index (χ4v) is 8.44. The molecular weight excluding hydrogens is 677 g/mol. The Kier molecular flexibility index (Phi) is 10.5. The van der Waals surface area contributed by atoms with Crippen LogP contribution in [0.25, 0.3) is 10.9 Å². The smallest absolute Gasteiger partial charge is 0.410 e. The van der Waals surface area contributed by atoms with Gasteiger partial charge in [0.1, 0.15) is 33.9 Å². The Balaban J connectivity index is 1.37. The number of fused-ring (bicyclic) bond motifs is 1. The Morgan fingerprint density at radius 1 is 0.979 bits per heavy atom. The Bertz CT molecular complexity index is 1810. The molecule has 3 heterocycles. The number of sulfonamides is 1. The van der Waals surface area contributed by atoms with Crippen molar-refractivity contribution in [3.63, 3.8) is 0 Å². The summed E-state index contributed by atoms with van der Waals surface area (Å²) in [4.78, 5) is 36.5. The van der Waals surface area contributed by atoms with E-state index >= 15 is 0 Å². The number of para-hydroxylation sites is 1. The van der Waals surface area contributed by atoms with Gasteiger partial charge in [-0.25, -0.2) is 18.2 Å². The van der Waals surface area contributed by atoms with E-state index in [0.717, 1.165) is 16.6 Å². The van der Waals surface area contributed by atoms with Crippen molar-refractivity contribution in [3.05, 3.63) is 63.3 Å². The molecule has 3 aromatic rings. The maximum atomic E-state index is 14.2. The number of likely N-dealkylation sites (tertiary alicyclic amines) is 1. The molecule has 0 saturated carbocycles. The first-order valence-electron chi connectivity index (χ1n) is 16.0. The number of piperidine rings is 1. The van der Waals surface area contributed by atoms with Gasteiger partial charge in [-0.3, -0.25) is 4.79 Å². The monoisotopic (exact) mass is 719 g/mol. The number of carbonyl (C=O) groups excluding carboxylic acids is 2. The first-order valence-corrected chi connectivity index (χ1v) is 18.2. The van der Waals surface area contributed by atoms with Gasteiger partial charge in [0.2, 0.25) is 15.9 Å². The van der Waals surface area contributed by atoms with Crippen molar-refractivity contribution < 1.29 is 27.5 Å². The first kappa shape index (κ1) is 36.1. The second-order valence-corrected chi connectivity index (χ2v) is 16.0. The van der Waals surface area contributed by atoms with Crippen LogP contribution in [-0.4, -0.2) is 97.6 Å². The van der Waals surface area contributed by atoms with E-state index in [0.29, 0.717) is 29.9 Å². The van der Waals surface area contributed by atoms with E-state index in [1.807, 2.05) is 39.1 Å². The van der Waals surface area contributed by atoms with Gasteiger partial charge >= 0.3 is 6.09 Å². The quantitative estimate of drug-likeness (QED) is 0.337. The van der Waals surface area contributed by atoms with Crippen molar-refractivity contribution in [2.45, 2.75) is 70.1 Å². The number of pyridine rings is 1. The van der Waals surface area contributed by atoms with Crippen LogP contribution in [0, 0.1) is 13.8 Å². The van der Waals surface area contributed by atoms with Gasteiger partial charge in [0, 0.05) is 60.9 Å². The van der Waals surface area contributed by atoms with Crippen molar-refractivity contribution in [2.24, 2.45) is 0 Å². The molecule has 2 aliphatic rings. The summed E-state index contributed by atoms with van der Waals surface area (Å²) in [6, 6.07) is 10.4. The number of amides is 2. The van der Waals surface area contributed by atoms with Crippen LogP contribution in [0.2, 0.25) is 10.0 Å². The van der Waals surface area contributed by atoms with E-state index in [2.05, 4.69) is 14.6 Å². The molecule has 11 nitrogen and oxygen atoms in total. The van der Waals surface area contributed by atoms with Crippen LogP contribution in [-0.2, 0) is 26.2 Å². The van der Waals surface area contributed by atoms with Crippen LogP contribution in [0.5, 0.6) is 5.75 Å². The molecular formula is C34H43Cl2N5O6S. The highest BCUT2D eigenvalue weighted by Crippen LogP contribution is 2.35. The van der Waals surface area contributed by atoms with E-state index in [9.17, 15) is 18.0 Å². The predicted octanol–water partition coefficient (Wildman–Crippen LogP) is 5.56. The number of hydrogen-bond acceptors (Lipinski definition) is 8. The Labute approximate surface area is 292 Å². The van der Waals surface area contributed by atoms with Crippen molar-refractivity contribution >= 4 is 56.1 Å². The highest BCUT2D eigenvalue weighted by molar-refractivity contribution is 7.89. The largest absolute Gasteiger partial charge is 0.487 e. The molecule has 2 aliphatic heterocycles. The van der Waals surface area contributed by atoms with Crippen LogP contribution in [0.15, 0.2) is 41.3 Å². The third-order valence-corrected chi connectivity index (χ3v) is 11.2. The number of benzene rings is 2. The minimum absolute atomic E-state index is 0.0861. The number of piperazine rings is 1. The topological polar surface area (TPSA) is 121 Å². The second kappa shape index (κ2) is 14.0. The molecule has 1 N–H and O–H groups in total. The van der Waals surface area contributed by atoms with Crippen molar-refractivity contribution in [2.75, 3.05) is 46.3 Å². The van der Waals surface area contributed by atoms with Gasteiger partial charge in [0.05, 0.1) is 5.02 Å². The summed E-state index contributed by atoms with van der Waals surface area (Å²) in [5.74, 6) is 0.186. The number of halogens is 2. The summed E-state index contributed by atoms with van der Waals surface area (Å²) in [5.41, 5.74) is 0.838. The van der Waals surface area contributed by atoms with Crippen LogP contribution in [0.3, 0.4) is 0 Å².